The third-order valence-corrected chi connectivity index (χ3v) is 9.21. The van der Waals surface area contributed by atoms with Crippen LogP contribution in [0.3, 0.4) is 0 Å². The molecule has 15 nitrogen and oxygen atoms in total. The number of carbonyl (C=O) groups excluding carboxylic acids is 2. The number of nitrogens with one attached hydrogen (secondary N) is 3. The number of esters is 1. The van der Waals surface area contributed by atoms with Gasteiger partial charge in [-0.25, -0.2) is 0 Å². The molecule has 2 fully saturated rings. The van der Waals surface area contributed by atoms with Gasteiger partial charge in [0.25, 0.3) is 0 Å². The fraction of sp³-hybridized carbons (Fsp3) is 0.600. The van der Waals surface area contributed by atoms with E-state index in [0.717, 1.165) is 56.3 Å². The van der Waals surface area contributed by atoms with Crippen LogP contribution < -0.4 is 32.3 Å². The summed E-state index contributed by atoms with van der Waals surface area (Å²) < 4.78 is 7.17. The van der Waals surface area contributed by atoms with E-state index in [-0.39, 0.29) is 25.4 Å². The van der Waals surface area contributed by atoms with Gasteiger partial charge in [-0.15, -0.1) is 5.10 Å². The van der Waals surface area contributed by atoms with Crippen molar-refractivity contribution in [3.63, 3.8) is 0 Å². The first-order valence-electron chi connectivity index (χ1n) is 18.1. The highest BCUT2D eigenvalue weighted by Gasteiger charge is 2.24. The van der Waals surface area contributed by atoms with Gasteiger partial charge in [0.1, 0.15) is 30.0 Å². The van der Waals surface area contributed by atoms with Gasteiger partial charge in [0.05, 0.1) is 12.7 Å². The van der Waals surface area contributed by atoms with Gasteiger partial charge in [0.15, 0.2) is 0 Å². The predicted molar refractivity (Wildman–Crippen MR) is 193 cm³/mol. The van der Waals surface area contributed by atoms with Crippen LogP contribution in [0.2, 0.25) is 0 Å². The van der Waals surface area contributed by atoms with Gasteiger partial charge in [-0.3, -0.25) is 14.3 Å². The van der Waals surface area contributed by atoms with E-state index in [1.807, 2.05) is 41.2 Å². The van der Waals surface area contributed by atoms with E-state index in [9.17, 15) is 9.59 Å². The summed E-state index contributed by atoms with van der Waals surface area (Å²) in [6, 6.07) is 11.0. The Morgan fingerprint density at radius 2 is 1.76 bits per heavy atom. The largest absolute Gasteiger partial charge is 0.460 e. The van der Waals surface area contributed by atoms with Crippen molar-refractivity contribution in [1.29, 1.82) is 0 Å². The van der Waals surface area contributed by atoms with E-state index < -0.39 is 12.0 Å². The Morgan fingerprint density at radius 3 is 2.56 bits per heavy atom. The Balaban J connectivity index is 0.957. The maximum atomic E-state index is 12.9. The number of amides is 1. The Kier molecular flexibility index (Phi) is 14.6. The van der Waals surface area contributed by atoms with Gasteiger partial charge < -0.3 is 42.0 Å². The number of anilines is 3. The van der Waals surface area contributed by atoms with Crippen molar-refractivity contribution in [2.45, 2.75) is 89.6 Å². The second-order valence-corrected chi connectivity index (χ2v) is 13.2. The first kappa shape index (κ1) is 36.9. The Hall–Kier alpha value is -4.34. The predicted octanol–water partition coefficient (Wildman–Crippen LogP) is 2.05. The van der Waals surface area contributed by atoms with Gasteiger partial charge in [0, 0.05) is 51.3 Å². The highest BCUT2D eigenvalue weighted by molar-refractivity contribution is 5.79. The summed E-state index contributed by atoms with van der Waals surface area (Å²) in [5.41, 5.74) is 13.8. The highest BCUT2D eigenvalue weighted by atomic mass is 16.5. The molecule has 272 valence electrons. The molecule has 1 saturated carbocycles. The molecule has 1 aliphatic carbocycles. The zero-order valence-corrected chi connectivity index (χ0v) is 29.1. The van der Waals surface area contributed by atoms with Gasteiger partial charge in [-0.1, -0.05) is 54.8 Å². The smallest absolute Gasteiger partial charge is 0.323 e. The summed E-state index contributed by atoms with van der Waals surface area (Å²) in [4.78, 5) is 38.0. The second kappa shape index (κ2) is 19.7. The van der Waals surface area contributed by atoms with E-state index in [0.29, 0.717) is 50.3 Å². The molecule has 0 radical (unpaired) electrons. The molecule has 5 rings (SSSR count). The molecule has 1 amide bonds. The van der Waals surface area contributed by atoms with Crippen molar-refractivity contribution in [2.75, 3.05) is 61.8 Å². The van der Waals surface area contributed by atoms with Crippen LogP contribution >= 0.6 is 0 Å². The number of nitrogens with zero attached hydrogens (tertiary/aromatic N) is 7. The lowest BCUT2D eigenvalue weighted by Crippen LogP contribution is -2.49. The number of carbonyl (C=O) groups is 2. The molecule has 7 N–H and O–H groups in total. The zero-order valence-electron chi connectivity index (χ0n) is 29.1. The molecule has 1 aromatic carbocycles. The lowest BCUT2D eigenvalue weighted by molar-refractivity contribution is -0.146. The molecule has 3 heterocycles. The molecule has 2 aromatic heterocycles. The van der Waals surface area contributed by atoms with Crippen LogP contribution in [0.15, 0.2) is 42.6 Å². The first-order chi connectivity index (χ1) is 24.4. The third-order valence-electron chi connectivity index (χ3n) is 9.21. The lowest BCUT2D eigenvalue weighted by atomic mass is 9.95. The molecule has 2 aliphatic rings. The number of aryl methyl sites for hydroxylation is 1. The average Bonchev–Trinajstić information content (AvgIpc) is 3.61. The van der Waals surface area contributed by atoms with E-state index in [1.54, 1.807) is 11.0 Å². The maximum absolute atomic E-state index is 12.9. The summed E-state index contributed by atoms with van der Waals surface area (Å²) >= 11 is 0. The van der Waals surface area contributed by atoms with Crippen LogP contribution in [-0.4, -0.2) is 99.6 Å². The van der Waals surface area contributed by atoms with Crippen LogP contribution in [-0.2, 0) is 34.0 Å². The standard InChI is InChI=1S/C35H54N12O3/c36-30(34(49)50-26-27-9-3-1-4-10-27)13-14-33(48)46-21-19-45(20-22-46)32-23-31(37)41-35(42-32)40-24-29-25-47(44-43-29)18-8-16-38-15-7-17-39-28-11-5-2-6-12-28/h1,3-4,9-10,23,25,28,30,38-39H,2,5-8,11-22,24,26,36H2,(H3,37,40,41,42)/t30-/m0/s1. The molecular formula is C35H54N12O3. The Labute approximate surface area is 294 Å². The van der Waals surface area contributed by atoms with Crippen molar-refractivity contribution in [3.05, 3.63) is 53.9 Å². The number of piperazine rings is 1. The third kappa shape index (κ3) is 12.2. The molecule has 0 unspecified atom stereocenters. The summed E-state index contributed by atoms with van der Waals surface area (Å²) in [7, 11) is 0. The molecule has 15 heteroatoms. The molecular weight excluding hydrogens is 636 g/mol. The van der Waals surface area contributed by atoms with E-state index in [1.165, 1.54) is 32.1 Å². The SMILES string of the molecule is Nc1cc(N2CCN(C(=O)CC[C@H](N)C(=O)OCc3ccccc3)CC2)nc(NCc2cn(CCCNCCCNC3CCCCC3)nn2)n1. The molecule has 50 heavy (non-hydrogen) atoms. The quantitative estimate of drug-likeness (QED) is 0.0907. The van der Waals surface area contributed by atoms with Crippen molar-refractivity contribution >= 4 is 29.5 Å². The number of hydrogen-bond donors (Lipinski definition) is 5. The number of hydrogen-bond acceptors (Lipinski definition) is 13. The molecule has 0 spiro atoms. The summed E-state index contributed by atoms with van der Waals surface area (Å²) in [5, 5.41) is 19.0. The van der Waals surface area contributed by atoms with Crippen molar-refractivity contribution in [2.24, 2.45) is 5.73 Å². The van der Waals surface area contributed by atoms with Gasteiger partial charge in [0.2, 0.25) is 11.9 Å². The number of benzene rings is 1. The average molecular weight is 691 g/mol. The minimum Gasteiger partial charge on any atom is -0.460 e. The van der Waals surface area contributed by atoms with Crippen LogP contribution in [0, 0.1) is 0 Å². The number of aromatic nitrogens is 5. The number of nitrogen functional groups attached to an aromatic ring is 1. The minimum atomic E-state index is -0.848. The van der Waals surface area contributed by atoms with Crippen molar-refractivity contribution in [3.8, 4) is 0 Å². The fourth-order valence-corrected chi connectivity index (χ4v) is 6.29. The second-order valence-electron chi connectivity index (χ2n) is 13.2. The van der Waals surface area contributed by atoms with Crippen LogP contribution in [0.25, 0.3) is 0 Å². The number of nitrogens with two attached hydrogens (primary N) is 2. The molecule has 3 aromatic rings. The van der Waals surface area contributed by atoms with Crippen molar-refractivity contribution < 1.29 is 14.3 Å². The minimum absolute atomic E-state index is 0.0394. The summed E-state index contributed by atoms with van der Waals surface area (Å²) in [6.07, 6.45) is 11.3. The molecule has 1 atom stereocenters. The normalized spacial score (nSPS) is 15.9. The summed E-state index contributed by atoms with van der Waals surface area (Å²) in [5.74, 6) is 0.903. The molecule has 1 saturated heterocycles. The lowest BCUT2D eigenvalue weighted by Gasteiger charge is -2.35. The zero-order chi connectivity index (χ0) is 35.0. The van der Waals surface area contributed by atoms with Crippen LogP contribution in [0.4, 0.5) is 17.6 Å². The number of rotatable bonds is 19. The first-order valence-corrected chi connectivity index (χ1v) is 18.1. The van der Waals surface area contributed by atoms with Gasteiger partial charge >= 0.3 is 5.97 Å². The van der Waals surface area contributed by atoms with Crippen LogP contribution in [0.1, 0.15) is 69.0 Å². The van der Waals surface area contributed by atoms with E-state index in [4.69, 9.17) is 16.2 Å². The summed E-state index contributed by atoms with van der Waals surface area (Å²) in [6.45, 7) is 6.65. The Morgan fingerprint density at radius 1 is 0.980 bits per heavy atom. The van der Waals surface area contributed by atoms with E-state index in [2.05, 4.69) is 41.1 Å². The fourth-order valence-electron chi connectivity index (χ4n) is 6.29. The topological polar surface area (TPSA) is 194 Å². The highest BCUT2D eigenvalue weighted by Crippen LogP contribution is 2.20. The number of ether oxygens (including phenoxy) is 1. The maximum Gasteiger partial charge on any atom is 0.323 e. The van der Waals surface area contributed by atoms with E-state index >= 15 is 0 Å². The van der Waals surface area contributed by atoms with Gasteiger partial charge in [-0.05, 0) is 57.3 Å². The van der Waals surface area contributed by atoms with Crippen molar-refractivity contribution in [1.82, 2.24) is 40.5 Å². The Bertz CT molecular complexity index is 1460. The molecule has 0 bridgehead atoms. The monoisotopic (exact) mass is 690 g/mol. The van der Waals surface area contributed by atoms with Gasteiger partial charge in [-0.2, -0.15) is 9.97 Å². The molecule has 1 aliphatic heterocycles. The van der Waals surface area contributed by atoms with Crippen LogP contribution in [0.5, 0.6) is 0 Å².